The molecule has 6 nitrogen and oxygen atoms in total. The molecule has 96 valence electrons. The number of rotatable bonds is 3. The second-order valence-electron chi connectivity index (χ2n) is 4.30. The van der Waals surface area contributed by atoms with Crippen molar-refractivity contribution in [2.24, 2.45) is 7.05 Å². The molecule has 0 aliphatic heterocycles. The smallest absolute Gasteiger partial charge is 0.163 e. The summed E-state index contributed by atoms with van der Waals surface area (Å²) < 4.78 is 1.72. The monoisotopic (exact) mass is 247 g/mol. The highest BCUT2D eigenvalue weighted by molar-refractivity contribution is 6.04. The second kappa shape index (κ2) is 4.38. The number of carbonyl (C=O) groups excluding carboxylic acids is 1. The largest absolute Gasteiger partial charge is 0.305 e. The fourth-order valence-corrected chi connectivity index (χ4v) is 2.32. The zero-order chi connectivity index (χ0) is 13.4. The molecule has 2 heterocycles. The molecule has 2 aromatic rings. The van der Waals surface area contributed by atoms with E-state index >= 15 is 0 Å². The van der Waals surface area contributed by atoms with Gasteiger partial charge in [-0.15, -0.1) is 0 Å². The van der Waals surface area contributed by atoms with Gasteiger partial charge in [-0.1, -0.05) is 0 Å². The fourth-order valence-electron chi connectivity index (χ4n) is 2.32. The maximum Gasteiger partial charge on any atom is 0.163 e. The summed E-state index contributed by atoms with van der Waals surface area (Å²) in [5.41, 5.74) is 8.88. The molecule has 0 fully saturated rings. The van der Waals surface area contributed by atoms with Crippen molar-refractivity contribution in [3.63, 3.8) is 0 Å². The van der Waals surface area contributed by atoms with Crippen molar-refractivity contribution in [1.82, 2.24) is 20.2 Å². The van der Waals surface area contributed by atoms with Crippen LogP contribution in [-0.2, 0) is 7.05 Å². The van der Waals surface area contributed by atoms with Gasteiger partial charge in [0.2, 0.25) is 0 Å². The third-order valence-electron chi connectivity index (χ3n) is 2.99. The SMILES string of the molecule is CNNc1nc2c(c(C)nn2C)c(C)c1C(C)=O. The summed E-state index contributed by atoms with van der Waals surface area (Å²) >= 11 is 0. The Morgan fingerprint density at radius 1 is 1.33 bits per heavy atom. The standard InChI is InChI=1S/C12H17N5O/c1-6-9-7(2)16-17(5)12(9)14-11(15-13-4)10(6)8(3)18/h13H,1-5H3,(H,14,15). The Hall–Kier alpha value is -1.95. The Labute approximate surface area is 105 Å². The molecule has 0 amide bonds. The minimum atomic E-state index is -0.0112. The fraction of sp³-hybridized carbons (Fsp3) is 0.417. The van der Waals surface area contributed by atoms with Crippen LogP contribution in [0.1, 0.15) is 28.5 Å². The quantitative estimate of drug-likeness (QED) is 0.632. The van der Waals surface area contributed by atoms with Gasteiger partial charge in [0, 0.05) is 19.5 Å². The summed E-state index contributed by atoms with van der Waals surface area (Å²) in [7, 11) is 3.58. The Morgan fingerprint density at radius 2 is 2.00 bits per heavy atom. The van der Waals surface area contributed by atoms with E-state index in [4.69, 9.17) is 0 Å². The van der Waals surface area contributed by atoms with Gasteiger partial charge >= 0.3 is 0 Å². The number of fused-ring (bicyclic) bond motifs is 1. The van der Waals surface area contributed by atoms with Gasteiger partial charge in [-0.3, -0.25) is 9.48 Å². The molecule has 0 bridgehead atoms. The molecule has 18 heavy (non-hydrogen) atoms. The lowest BCUT2D eigenvalue weighted by molar-refractivity contribution is 0.101. The van der Waals surface area contributed by atoms with E-state index in [1.165, 1.54) is 0 Å². The first-order valence-corrected chi connectivity index (χ1v) is 5.75. The average molecular weight is 247 g/mol. The van der Waals surface area contributed by atoms with Crippen molar-refractivity contribution in [3.05, 3.63) is 16.8 Å². The summed E-state index contributed by atoms with van der Waals surface area (Å²) in [5, 5.41) is 5.30. The topological polar surface area (TPSA) is 71.8 Å². The molecule has 0 saturated heterocycles. The Bertz CT molecular complexity index is 629. The van der Waals surface area contributed by atoms with Gasteiger partial charge in [-0.25, -0.2) is 10.4 Å². The lowest BCUT2D eigenvalue weighted by Crippen LogP contribution is -2.19. The molecule has 6 heteroatoms. The molecule has 0 aliphatic carbocycles. The van der Waals surface area contributed by atoms with Crippen molar-refractivity contribution in [2.75, 3.05) is 12.5 Å². The highest BCUT2D eigenvalue weighted by Crippen LogP contribution is 2.27. The predicted molar refractivity (Wildman–Crippen MR) is 70.7 cm³/mol. The number of carbonyl (C=O) groups is 1. The van der Waals surface area contributed by atoms with E-state index in [0.29, 0.717) is 11.4 Å². The van der Waals surface area contributed by atoms with E-state index in [2.05, 4.69) is 20.9 Å². The van der Waals surface area contributed by atoms with Crippen LogP contribution in [0.5, 0.6) is 0 Å². The summed E-state index contributed by atoms with van der Waals surface area (Å²) in [6, 6.07) is 0. The molecule has 0 spiro atoms. The van der Waals surface area contributed by atoms with E-state index in [1.54, 1.807) is 18.7 Å². The molecule has 2 N–H and O–H groups in total. The van der Waals surface area contributed by atoms with Gasteiger partial charge in [-0.05, 0) is 26.3 Å². The molecule has 0 aliphatic rings. The zero-order valence-electron chi connectivity index (χ0n) is 11.2. The molecule has 0 atom stereocenters. The highest BCUT2D eigenvalue weighted by atomic mass is 16.1. The van der Waals surface area contributed by atoms with Crippen molar-refractivity contribution in [3.8, 4) is 0 Å². The Morgan fingerprint density at radius 3 is 2.56 bits per heavy atom. The van der Waals surface area contributed by atoms with Crippen molar-refractivity contribution >= 4 is 22.6 Å². The third-order valence-corrected chi connectivity index (χ3v) is 2.99. The van der Waals surface area contributed by atoms with E-state index in [0.717, 1.165) is 22.3 Å². The summed E-state index contributed by atoms with van der Waals surface area (Å²) in [6.07, 6.45) is 0. The zero-order valence-corrected chi connectivity index (χ0v) is 11.2. The molecule has 2 rings (SSSR count). The molecule has 0 aromatic carbocycles. The molecular formula is C12H17N5O. The van der Waals surface area contributed by atoms with Crippen molar-refractivity contribution < 1.29 is 4.79 Å². The normalized spacial score (nSPS) is 10.9. The number of hydrogen-bond donors (Lipinski definition) is 2. The molecular weight excluding hydrogens is 230 g/mol. The number of hydrazine groups is 1. The van der Waals surface area contributed by atoms with Gasteiger partial charge in [0.15, 0.2) is 17.2 Å². The first-order chi connectivity index (χ1) is 8.47. The van der Waals surface area contributed by atoms with Crippen LogP contribution in [0.15, 0.2) is 0 Å². The first-order valence-electron chi connectivity index (χ1n) is 5.75. The van der Waals surface area contributed by atoms with E-state index in [-0.39, 0.29) is 5.78 Å². The van der Waals surface area contributed by atoms with Crippen molar-refractivity contribution in [1.29, 1.82) is 0 Å². The van der Waals surface area contributed by atoms with Gasteiger partial charge in [-0.2, -0.15) is 5.10 Å². The summed E-state index contributed by atoms with van der Waals surface area (Å²) in [4.78, 5) is 16.3. The highest BCUT2D eigenvalue weighted by Gasteiger charge is 2.19. The minimum absolute atomic E-state index is 0.0112. The van der Waals surface area contributed by atoms with Crippen LogP contribution in [0.3, 0.4) is 0 Å². The van der Waals surface area contributed by atoms with Crippen LogP contribution in [0.25, 0.3) is 11.0 Å². The van der Waals surface area contributed by atoms with Crippen LogP contribution >= 0.6 is 0 Å². The number of anilines is 1. The van der Waals surface area contributed by atoms with E-state index in [9.17, 15) is 4.79 Å². The third kappa shape index (κ3) is 1.74. The maximum absolute atomic E-state index is 11.8. The van der Waals surface area contributed by atoms with Crippen LogP contribution in [-0.4, -0.2) is 27.6 Å². The number of aryl methyl sites for hydroxylation is 3. The van der Waals surface area contributed by atoms with E-state index < -0.39 is 0 Å². The van der Waals surface area contributed by atoms with Crippen LogP contribution in [0.4, 0.5) is 5.82 Å². The molecule has 0 radical (unpaired) electrons. The van der Waals surface area contributed by atoms with E-state index in [1.807, 2.05) is 20.9 Å². The Balaban J connectivity index is 2.87. The molecule has 0 unspecified atom stereocenters. The average Bonchev–Trinajstić information content (AvgIpc) is 2.54. The lowest BCUT2D eigenvalue weighted by atomic mass is 10.0. The second-order valence-corrected chi connectivity index (χ2v) is 4.30. The molecule has 0 saturated carbocycles. The van der Waals surface area contributed by atoms with Crippen LogP contribution in [0.2, 0.25) is 0 Å². The lowest BCUT2D eigenvalue weighted by Gasteiger charge is -2.12. The van der Waals surface area contributed by atoms with Crippen LogP contribution < -0.4 is 10.9 Å². The minimum Gasteiger partial charge on any atom is -0.305 e. The number of aromatic nitrogens is 3. The van der Waals surface area contributed by atoms with Gasteiger partial charge < -0.3 is 5.43 Å². The van der Waals surface area contributed by atoms with Gasteiger partial charge in [0.25, 0.3) is 0 Å². The number of Topliss-reactive ketones (excluding diaryl/α,β-unsaturated/α-hetero) is 1. The van der Waals surface area contributed by atoms with Crippen LogP contribution in [0, 0.1) is 13.8 Å². The maximum atomic E-state index is 11.8. The summed E-state index contributed by atoms with van der Waals surface area (Å²) in [5.74, 6) is 0.529. The first kappa shape index (κ1) is 12.5. The number of nitrogens with one attached hydrogen (secondary N) is 2. The van der Waals surface area contributed by atoms with Gasteiger partial charge in [0.1, 0.15) is 0 Å². The predicted octanol–water partition coefficient (Wildman–Crippen LogP) is 1.33. The summed E-state index contributed by atoms with van der Waals surface area (Å²) in [6.45, 7) is 5.39. The number of hydrogen-bond acceptors (Lipinski definition) is 5. The number of nitrogens with zero attached hydrogens (tertiary/aromatic N) is 3. The van der Waals surface area contributed by atoms with Crippen molar-refractivity contribution in [2.45, 2.75) is 20.8 Å². The number of ketones is 1. The van der Waals surface area contributed by atoms with Gasteiger partial charge in [0.05, 0.1) is 11.3 Å². The Kier molecular flexibility index (Phi) is 3.04. The molecule has 2 aromatic heterocycles. The number of pyridine rings is 1.